The van der Waals surface area contributed by atoms with Crippen molar-refractivity contribution in [3.63, 3.8) is 0 Å². The number of nitrogens with zero attached hydrogens (tertiary/aromatic N) is 1. The van der Waals surface area contributed by atoms with Gasteiger partial charge in [-0.05, 0) is 45.1 Å². The van der Waals surface area contributed by atoms with Crippen molar-refractivity contribution >= 4 is 5.91 Å². The van der Waals surface area contributed by atoms with Crippen molar-refractivity contribution in [2.75, 3.05) is 13.1 Å². The molecular weight excluding hydrogens is 238 g/mol. The van der Waals surface area contributed by atoms with Gasteiger partial charge in [-0.3, -0.25) is 9.69 Å². The molecule has 4 heteroatoms. The highest BCUT2D eigenvalue weighted by molar-refractivity contribution is 5.78. The fourth-order valence-electron chi connectivity index (χ4n) is 3.86. The zero-order valence-corrected chi connectivity index (χ0v) is 12.0. The average molecular weight is 265 g/mol. The van der Waals surface area contributed by atoms with E-state index in [0.29, 0.717) is 30.7 Å². The number of rotatable bonds is 5. The van der Waals surface area contributed by atoms with Gasteiger partial charge in [-0.1, -0.05) is 13.3 Å². The van der Waals surface area contributed by atoms with Crippen LogP contribution in [0.15, 0.2) is 0 Å². The molecule has 108 valence electrons. The number of carbonyl (C=O) groups is 1. The van der Waals surface area contributed by atoms with Gasteiger partial charge in [0.1, 0.15) is 0 Å². The minimum absolute atomic E-state index is 0.251. The molecule has 0 aromatic heterocycles. The van der Waals surface area contributed by atoms with Gasteiger partial charge in [0.15, 0.2) is 0 Å². The van der Waals surface area contributed by atoms with Crippen molar-refractivity contribution in [2.45, 2.75) is 76.0 Å². The van der Waals surface area contributed by atoms with Gasteiger partial charge in [-0.15, -0.1) is 0 Å². The van der Waals surface area contributed by atoms with E-state index in [1.807, 2.05) is 0 Å². The van der Waals surface area contributed by atoms with E-state index in [1.54, 1.807) is 0 Å². The van der Waals surface area contributed by atoms with Gasteiger partial charge < -0.3 is 10.6 Å². The summed E-state index contributed by atoms with van der Waals surface area (Å²) in [7, 11) is 0. The Labute approximate surface area is 116 Å². The van der Waals surface area contributed by atoms with Crippen molar-refractivity contribution < 1.29 is 4.79 Å². The van der Waals surface area contributed by atoms with E-state index in [4.69, 9.17) is 0 Å². The number of nitrogens with one attached hydrogen (secondary N) is 2. The summed E-state index contributed by atoms with van der Waals surface area (Å²) in [5.41, 5.74) is 0. The van der Waals surface area contributed by atoms with Crippen molar-refractivity contribution in [1.82, 2.24) is 15.5 Å². The van der Waals surface area contributed by atoms with Crippen LogP contribution in [0, 0.1) is 0 Å². The van der Waals surface area contributed by atoms with E-state index < -0.39 is 0 Å². The molecule has 0 aromatic rings. The Kier molecular flexibility index (Phi) is 4.08. The maximum Gasteiger partial charge on any atom is 0.234 e. The minimum Gasteiger partial charge on any atom is -0.352 e. The highest BCUT2D eigenvalue weighted by atomic mass is 16.2. The molecule has 3 rings (SSSR count). The monoisotopic (exact) mass is 265 g/mol. The molecule has 2 saturated heterocycles. The molecule has 3 fully saturated rings. The second-order valence-electron chi connectivity index (χ2n) is 6.48. The lowest BCUT2D eigenvalue weighted by Crippen LogP contribution is -2.58. The standard InChI is InChI=1S/C15H27N3O/c1-2-16-12-8-13-4-3-5-14(9-12)18(13)10-15(19)17-11-6-7-11/h11-14,16H,2-10H2,1H3,(H,17,19). The van der Waals surface area contributed by atoms with Gasteiger partial charge in [0.05, 0.1) is 6.54 Å². The third-order valence-corrected chi connectivity index (χ3v) is 4.89. The molecule has 19 heavy (non-hydrogen) atoms. The molecule has 1 saturated carbocycles. The van der Waals surface area contributed by atoms with E-state index in [1.165, 1.54) is 44.9 Å². The highest BCUT2D eigenvalue weighted by Gasteiger charge is 2.39. The van der Waals surface area contributed by atoms with Crippen LogP contribution >= 0.6 is 0 Å². The summed E-state index contributed by atoms with van der Waals surface area (Å²) in [6.07, 6.45) is 8.70. The van der Waals surface area contributed by atoms with Crippen LogP contribution in [0.5, 0.6) is 0 Å². The maximum absolute atomic E-state index is 12.0. The van der Waals surface area contributed by atoms with Crippen LogP contribution < -0.4 is 10.6 Å². The van der Waals surface area contributed by atoms with Crippen molar-refractivity contribution in [2.24, 2.45) is 0 Å². The number of piperidine rings is 2. The largest absolute Gasteiger partial charge is 0.352 e. The summed E-state index contributed by atoms with van der Waals surface area (Å²) in [6, 6.07) is 2.41. The van der Waals surface area contributed by atoms with Crippen LogP contribution in [0.3, 0.4) is 0 Å². The molecule has 2 bridgehead atoms. The Bertz CT molecular complexity index is 315. The van der Waals surface area contributed by atoms with Crippen LogP contribution in [0.1, 0.15) is 51.9 Å². The second kappa shape index (κ2) is 5.80. The summed E-state index contributed by atoms with van der Waals surface area (Å²) in [4.78, 5) is 14.5. The average Bonchev–Trinajstić information content (AvgIpc) is 3.14. The van der Waals surface area contributed by atoms with Crippen LogP contribution in [-0.4, -0.2) is 48.1 Å². The molecule has 1 aliphatic carbocycles. The first-order valence-electron chi connectivity index (χ1n) is 8.04. The number of fused-ring (bicyclic) bond motifs is 2. The molecule has 0 aromatic carbocycles. The van der Waals surface area contributed by atoms with Crippen LogP contribution in [0.4, 0.5) is 0 Å². The van der Waals surface area contributed by atoms with E-state index >= 15 is 0 Å². The summed E-state index contributed by atoms with van der Waals surface area (Å²) in [5, 5.41) is 6.73. The predicted octanol–water partition coefficient (Wildman–Crippen LogP) is 1.26. The third-order valence-electron chi connectivity index (χ3n) is 4.89. The Morgan fingerprint density at radius 1 is 1.11 bits per heavy atom. The van der Waals surface area contributed by atoms with Crippen molar-refractivity contribution in [1.29, 1.82) is 0 Å². The molecule has 1 amide bonds. The Hall–Kier alpha value is -0.610. The Morgan fingerprint density at radius 3 is 2.37 bits per heavy atom. The first-order chi connectivity index (χ1) is 9.26. The molecule has 2 unspecified atom stereocenters. The van der Waals surface area contributed by atoms with Gasteiger partial charge in [-0.25, -0.2) is 0 Å². The topological polar surface area (TPSA) is 44.4 Å². The zero-order valence-electron chi connectivity index (χ0n) is 12.0. The van der Waals surface area contributed by atoms with E-state index in [9.17, 15) is 4.79 Å². The van der Waals surface area contributed by atoms with Crippen LogP contribution in [-0.2, 0) is 4.79 Å². The van der Waals surface area contributed by atoms with E-state index in [-0.39, 0.29) is 5.91 Å². The summed E-state index contributed by atoms with van der Waals surface area (Å²) < 4.78 is 0. The number of carbonyl (C=O) groups excluding carboxylic acids is 1. The smallest absolute Gasteiger partial charge is 0.234 e. The third kappa shape index (κ3) is 3.29. The first kappa shape index (κ1) is 13.4. The molecular formula is C15H27N3O. The lowest BCUT2D eigenvalue weighted by atomic mass is 9.81. The molecule has 4 nitrogen and oxygen atoms in total. The normalized spacial score (nSPS) is 35.1. The predicted molar refractivity (Wildman–Crippen MR) is 76.0 cm³/mol. The van der Waals surface area contributed by atoms with E-state index in [0.717, 1.165) is 6.54 Å². The molecule has 2 aliphatic heterocycles. The van der Waals surface area contributed by atoms with Crippen LogP contribution in [0.25, 0.3) is 0 Å². The molecule has 3 aliphatic rings. The summed E-state index contributed by atoms with van der Waals surface area (Å²) in [5.74, 6) is 0.251. The summed E-state index contributed by atoms with van der Waals surface area (Å²) in [6.45, 7) is 3.88. The fraction of sp³-hybridized carbons (Fsp3) is 0.933. The summed E-state index contributed by atoms with van der Waals surface area (Å²) >= 11 is 0. The maximum atomic E-state index is 12.0. The van der Waals surface area contributed by atoms with E-state index in [2.05, 4.69) is 22.5 Å². The van der Waals surface area contributed by atoms with Gasteiger partial charge in [0, 0.05) is 24.2 Å². The minimum atomic E-state index is 0.251. The number of hydrogen-bond acceptors (Lipinski definition) is 3. The Balaban J connectivity index is 1.56. The quantitative estimate of drug-likeness (QED) is 0.786. The lowest BCUT2D eigenvalue weighted by molar-refractivity contribution is -0.125. The fourth-order valence-corrected chi connectivity index (χ4v) is 3.86. The van der Waals surface area contributed by atoms with Gasteiger partial charge >= 0.3 is 0 Å². The molecule has 2 N–H and O–H groups in total. The lowest BCUT2D eigenvalue weighted by Gasteiger charge is -2.48. The molecule has 0 radical (unpaired) electrons. The zero-order chi connectivity index (χ0) is 13.2. The van der Waals surface area contributed by atoms with Gasteiger partial charge in [0.25, 0.3) is 0 Å². The highest BCUT2D eigenvalue weighted by Crippen LogP contribution is 2.33. The van der Waals surface area contributed by atoms with Gasteiger partial charge in [0.2, 0.25) is 5.91 Å². The van der Waals surface area contributed by atoms with Crippen molar-refractivity contribution in [3.05, 3.63) is 0 Å². The van der Waals surface area contributed by atoms with Gasteiger partial charge in [-0.2, -0.15) is 0 Å². The number of hydrogen-bond donors (Lipinski definition) is 2. The second-order valence-corrected chi connectivity index (χ2v) is 6.48. The number of amides is 1. The molecule has 2 atom stereocenters. The first-order valence-corrected chi connectivity index (χ1v) is 8.04. The Morgan fingerprint density at radius 2 is 1.79 bits per heavy atom. The van der Waals surface area contributed by atoms with Crippen molar-refractivity contribution in [3.8, 4) is 0 Å². The van der Waals surface area contributed by atoms with Crippen LogP contribution in [0.2, 0.25) is 0 Å². The SMILES string of the molecule is CCNC1CC2CCCC(C1)N2CC(=O)NC1CC1. The molecule has 2 heterocycles. The molecule has 0 spiro atoms.